The molecule has 23 heavy (non-hydrogen) atoms. The normalized spacial score (nSPS) is 20.6. The van der Waals surface area contributed by atoms with Crippen LogP contribution >= 0.6 is 24.8 Å². The van der Waals surface area contributed by atoms with Crippen molar-refractivity contribution in [2.75, 3.05) is 24.5 Å². The lowest BCUT2D eigenvalue weighted by atomic mass is 10.0. The Hall–Kier alpha value is -1.30. The molecular formula is C16H22Cl2FN3O. The van der Waals surface area contributed by atoms with Crippen LogP contribution in [0.5, 0.6) is 0 Å². The lowest BCUT2D eigenvalue weighted by molar-refractivity contribution is -0.122. The summed E-state index contributed by atoms with van der Waals surface area (Å²) < 4.78 is 13.8. The molecule has 128 valence electrons. The van der Waals surface area contributed by atoms with Crippen LogP contribution in [0.15, 0.2) is 36.4 Å². The highest BCUT2D eigenvalue weighted by molar-refractivity contribution is 5.85. The van der Waals surface area contributed by atoms with Crippen molar-refractivity contribution in [3.05, 3.63) is 42.2 Å². The van der Waals surface area contributed by atoms with Gasteiger partial charge in [-0.05, 0) is 25.0 Å². The van der Waals surface area contributed by atoms with Crippen molar-refractivity contribution in [3.63, 3.8) is 0 Å². The van der Waals surface area contributed by atoms with Gasteiger partial charge in [0.1, 0.15) is 11.9 Å². The zero-order valence-electron chi connectivity index (χ0n) is 12.7. The molecule has 2 aliphatic heterocycles. The van der Waals surface area contributed by atoms with Crippen LogP contribution in [-0.4, -0.2) is 37.6 Å². The number of piperidine rings is 1. The minimum atomic E-state index is -0.199. The summed E-state index contributed by atoms with van der Waals surface area (Å²) in [5, 5.41) is 6.18. The number of anilines is 1. The summed E-state index contributed by atoms with van der Waals surface area (Å²) >= 11 is 0. The minimum Gasteiger partial charge on any atom is -0.369 e. The van der Waals surface area contributed by atoms with Gasteiger partial charge in [-0.25, -0.2) is 4.39 Å². The molecule has 2 heterocycles. The fourth-order valence-electron chi connectivity index (χ4n) is 2.91. The van der Waals surface area contributed by atoms with Crippen LogP contribution in [-0.2, 0) is 4.79 Å². The summed E-state index contributed by atoms with van der Waals surface area (Å²) in [7, 11) is 0. The monoisotopic (exact) mass is 361 g/mol. The first-order valence-electron chi connectivity index (χ1n) is 7.44. The number of halogens is 3. The first kappa shape index (κ1) is 19.7. The van der Waals surface area contributed by atoms with Crippen molar-refractivity contribution in [1.82, 2.24) is 10.6 Å². The molecule has 1 unspecified atom stereocenters. The van der Waals surface area contributed by atoms with Gasteiger partial charge in [0.25, 0.3) is 0 Å². The Morgan fingerprint density at radius 1 is 1.22 bits per heavy atom. The van der Waals surface area contributed by atoms with E-state index in [0.29, 0.717) is 5.69 Å². The van der Waals surface area contributed by atoms with E-state index >= 15 is 0 Å². The van der Waals surface area contributed by atoms with Gasteiger partial charge in [-0.15, -0.1) is 24.8 Å². The van der Waals surface area contributed by atoms with Gasteiger partial charge in [-0.2, -0.15) is 0 Å². The molecule has 7 heteroatoms. The number of hydrogen-bond donors (Lipinski definition) is 2. The molecule has 1 aromatic carbocycles. The maximum absolute atomic E-state index is 13.8. The third-order valence-electron chi connectivity index (χ3n) is 4.10. The molecule has 2 aliphatic rings. The van der Waals surface area contributed by atoms with Crippen LogP contribution < -0.4 is 15.5 Å². The van der Waals surface area contributed by atoms with Crippen molar-refractivity contribution >= 4 is 36.4 Å². The van der Waals surface area contributed by atoms with Crippen LogP contribution in [0.3, 0.4) is 0 Å². The van der Waals surface area contributed by atoms with E-state index in [1.54, 1.807) is 6.07 Å². The molecule has 1 atom stereocenters. The highest BCUT2D eigenvalue weighted by atomic mass is 35.5. The van der Waals surface area contributed by atoms with Crippen LogP contribution in [0.1, 0.15) is 12.8 Å². The third-order valence-corrected chi connectivity index (χ3v) is 4.10. The Morgan fingerprint density at radius 2 is 1.91 bits per heavy atom. The minimum absolute atomic E-state index is 0. The van der Waals surface area contributed by atoms with E-state index in [9.17, 15) is 9.18 Å². The van der Waals surface area contributed by atoms with Crippen molar-refractivity contribution in [2.45, 2.75) is 24.9 Å². The molecule has 0 spiro atoms. The van der Waals surface area contributed by atoms with Gasteiger partial charge in [-0.3, -0.25) is 10.1 Å². The molecule has 2 N–H and O–H groups in total. The number of carbonyl (C=O) groups is 1. The summed E-state index contributed by atoms with van der Waals surface area (Å²) in [6.45, 7) is 2.28. The van der Waals surface area contributed by atoms with Crippen molar-refractivity contribution in [2.24, 2.45) is 0 Å². The summed E-state index contributed by atoms with van der Waals surface area (Å²) in [4.78, 5) is 14.1. The Labute approximate surface area is 148 Å². The summed E-state index contributed by atoms with van der Waals surface area (Å²) in [6, 6.07) is 6.83. The van der Waals surface area contributed by atoms with E-state index in [1.807, 2.05) is 29.2 Å². The second-order valence-electron chi connectivity index (χ2n) is 5.54. The number of rotatable bonds is 3. The Morgan fingerprint density at radius 3 is 2.52 bits per heavy atom. The predicted molar refractivity (Wildman–Crippen MR) is 95.2 cm³/mol. The number of benzene rings is 1. The Balaban J connectivity index is 0.00000132. The molecular weight excluding hydrogens is 340 g/mol. The average molecular weight is 362 g/mol. The van der Waals surface area contributed by atoms with E-state index in [4.69, 9.17) is 0 Å². The summed E-state index contributed by atoms with van der Waals surface area (Å²) in [5.41, 5.74) is 0.655. The first-order chi connectivity index (χ1) is 10.2. The molecule has 0 aliphatic carbocycles. The largest absolute Gasteiger partial charge is 0.369 e. The SMILES string of the molecule is Cl.Cl.O=C(NC1CCN(c2ccccc2F)CC1)C1C=CCN1. The second-order valence-corrected chi connectivity index (χ2v) is 5.54. The lowest BCUT2D eigenvalue weighted by Gasteiger charge is -2.34. The number of nitrogens with one attached hydrogen (secondary N) is 2. The maximum Gasteiger partial charge on any atom is 0.241 e. The Bertz CT molecular complexity index is 548. The summed E-state index contributed by atoms with van der Waals surface area (Å²) in [6.07, 6.45) is 5.54. The molecule has 1 amide bonds. The molecule has 0 saturated carbocycles. The van der Waals surface area contributed by atoms with E-state index in [2.05, 4.69) is 10.6 Å². The van der Waals surface area contributed by atoms with Crippen molar-refractivity contribution < 1.29 is 9.18 Å². The first-order valence-corrected chi connectivity index (χ1v) is 7.44. The fourth-order valence-corrected chi connectivity index (χ4v) is 2.91. The molecule has 1 saturated heterocycles. The van der Waals surface area contributed by atoms with Gasteiger partial charge in [-0.1, -0.05) is 24.3 Å². The maximum atomic E-state index is 13.8. The highest BCUT2D eigenvalue weighted by Gasteiger charge is 2.25. The number of carbonyl (C=O) groups excluding carboxylic acids is 1. The number of nitrogens with zero attached hydrogens (tertiary/aromatic N) is 1. The van der Waals surface area contributed by atoms with Crippen molar-refractivity contribution in [3.8, 4) is 0 Å². The zero-order valence-corrected chi connectivity index (χ0v) is 14.3. The molecule has 0 aromatic heterocycles. The molecule has 4 nitrogen and oxygen atoms in total. The van der Waals surface area contributed by atoms with Crippen LogP contribution in [0.25, 0.3) is 0 Å². The summed E-state index contributed by atoms with van der Waals surface area (Å²) in [5.74, 6) is -0.145. The van der Waals surface area contributed by atoms with Gasteiger partial charge in [0.2, 0.25) is 5.91 Å². The van der Waals surface area contributed by atoms with Crippen LogP contribution in [0.4, 0.5) is 10.1 Å². The van der Waals surface area contributed by atoms with Crippen LogP contribution in [0.2, 0.25) is 0 Å². The molecule has 1 aromatic rings. The van der Waals surface area contributed by atoms with E-state index < -0.39 is 0 Å². The third kappa shape index (κ3) is 4.83. The molecule has 1 fully saturated rings. The van der Waals surface area contributed by atoms with Gasteiger partial charge in [0.15, 0.2) is 0 Å². The topological polar surface area (TPSA) is 44.4 Å². The number of amides is 1. The van der Waals surface area contributed by atoms with E-state index in [0.717, 1.165) is 32.5 Å². The second kappa shape index (κ2) is 9.11. The highest BCUT2D eigenvalue weighted by Crippen LogP contribution is 2.22. The lowest BCUT2D eigenvalue weighted by Crippen LogP contribution is -2.49. The molecule has 0 bridgehead atoms. The number of para-hydroxylation sites is 1. The van der Waals surface area contributed by atoms with Gasteiger partial charge < -0.3 is 10.2 Å². The van der Waals surface area contributed by atoms with Crippen LogP contribution in [0, 0.1) is 5.82 Å². The standard InChI is InChI=1S/C16H20FN3O.2ClH/c17-13-4-1-2-6-15(13)20-10-7-12(8-11-20)19-16(21)14-5-3-9-18-14;;/h1-6,12,14,18H,7-11H2,(H,19,21);2*1H. The number of hydrogen-bond acceptors (Lipinski definition) is 3. The predicted octanol–water partition coefficient (Wildman–Crippen LogP) is 2.28. The average Bonchev–Trinajstić information content (AvgIpc) is 3.03. The molecule has 3 rings (SSSR count). The zero-order chi connectivity index (χ0) is 14.7. The smallest absolute Gasteiger partial charge is 0.241 e. The van der Waals surface area contributed by atoms with Gasteiger partial charge >= 0.3 is 0 Å². The van der Waals surface area contributed by atoms with E-state index in [1.165, 1.54) is 6.07 Å². The molecule has 0 radical (unpaired) electrons. The fraction of sp³-hybridized carbons (Fsp3) is 0.438. The van der Waals surface area contributed by atoms with E-state index in [-0.39, 0.29) is 48.6 Å². The Kier molecular flexibility index (Phi) is 7.82. The van der Waals surface area contributed by atoms with Crippen molar-refractivity contribution in [1.29, 1.82) is 0 Å². The van der Waals surface area contributed by atoms with Gasteiger partial charge in [0, 0.05) is 25.7 Å². The quantitative estimate of drug-likeness (QED) is 0.811. The van der Waals surface area contributed by atoms with Gasteiger partial charge in [0.05, 0.1) is 5.69 Å².